The molecule has 1 unspecified atom stereocenters. The number of aryl methyl sites for hydroxylation is 1. The van der Waals surface area contributed by atoms with E-state index in [0.717, 1.165) is 30.5 Å². The molecule has 126 valence electrons. The van der Waals surface area contributed by atoms with Gasteiger partial charge in [0.15, 0.2) is 0 Å². The number of nitrogens with zero attached hydrogens (tertiary/aromatic N) is 2. The lowest BCUT2D eigenvalue weighted by Crippen LogP contribution is -2.58. The van der Waals surface area contributed by atoms with Crippen LogP contribution in [0, 0.1) is 6.92 Å². The van der Waals surface area contributed by atoms with Crippen LogP contribution in [0.3, 0.4) is 0 Å². The lowest BCUT2D eigenvalue weighted by molar-refractivity contribution is -0.143. The number of carbonyl (C=O) groups excluding carboxylic acids is 2. The average molecular weight is 318 g/mol. The van der Waals surface area contributed by atoms with Crippen LogP contribution < -0.4 is 4.90 Å². The van der Waals surface area contributed by atoms with E-state index in [-0.39, 0.29) is 31.0 Å². The quantitative estimate of drug-likeness (QED) is 0.809. The van der Waals surface area contributed by atoms with Crippen molar-refractivity contribution in [1.82, 2.24) is 4.90 Å². The van der Waals surface area contributed by atoms with Crippen LogP contribution in [0.25, 0.3) is 0 Å². The number of rotatable bonds is 6. The second-order valence-corrected chi connectivity index (χ2v) is 6.09. The molecular formula is C18H26N2O3. The fourth-order valence-electron chi connectivity index (χ4n) is 3.00. The lowest BCUT2D eigenvalue weighted by Gasteiger charge is -2.41. The first-order valence-corrected chi connectivity index (χ1v) is 8.22. The third-order valence-corrected chi connectivity index (χ3v) is 4.23. The lowest BCUT2D eigenvalue weighted by atomic mass is 10.0. The highest BCUT2D eigenvalue weighted by Crippen LogP contribution is 2.23. The van der Waals surface area contributed by atoms with Gasteiger partial charge in [0.05, 0.1) is 6.04 Å². The first-order valence-electron chi connectivity index (χ1n) is 8.22. The van der Waals surface area contributed by atoms with Crippen molar-refractivity contribution in [3.63, 3.8) is 0 Å². The number of carbonyl (C=O) groups is 2. The molecule has 2 rings (SSSR count). The van der Waals surface area contributed by atoms with Crippen molar-refractivity contribution in [2.24, 2.45) is 0 Å². The van der Waals surface area contributed by atoms with Gasteiger partial charge in [0.2, 0.25) is 11.8 Å². The van der Waals surface area contributed by atoms with Gasteiger partial charge < -0.3 is 14.5 Å². The summed E-state index contributed by atoms with van der Waals surface area (Å²) in [6, 6.07) is 7.99. The molecule has 0 radical (unpaired) electrons. The Balaban J connectivity index is 2.19. The van der Waals surface area contributed by atoms with Gasteiger partial charge in [0.1, 0.15) is 13.2 Å². The van der Waals surface area contributed by atoms with Gasteiger partial charge in [-0.25, -0.2) is 0 Å². The van der Waals surface area contributed by atoms with Gasteiger partial charge in [-0.2, -0.15) is 0 Å². The number of amides is 2. The van der Waals surface area contributed by atoms with E-state index in [2.05, 4.69) is 6.92 Å². The summed E-state index contributed by atoms with van der Waals surface area (Å²) in [5.74, 6) is -0.140. The van der Waals surface area contributed by atoms with Crippen LogP contribution in [-0.4, -0.2) is 49.6 Å². The third kappa shape index (κ3) is 4.32. The molecule has 1 aromatic rings. The number of anilines is 1. The normalized spacial score (nSPS) is 18.4. The van der Waals surface area contributed by atoms with Gasteiger partial charge >= 0.3 is 0 Å². The summed E-state index contributed by atoms with van der Waals surface area (Å²) in [4.78, 5) is 28.3. The van der Waals surface area contributed by atoms with E-state index >= 15 is 0 Å². The third-order valence-electron chi connectivity index (χ3n) is 4.23. The molecule has 5 heteroatoms. The highest BCUT2D eigenvalue weighted by Gasteiger charge is 2.35. The highest BCUT2D eigenvalue weighted by molar-refractivity contribution is 5.98. The van der Waals surface area contributed by atoms with Crippen molar-refractivity contribution >= 4 is 17.5 Å². The Morgan fingerprint density at radius 2 is 2.17 bits per heavy atom. The minimum absolute atomic E-state index is 0.0281. The molecule has 2 amide bonds. The minimum Gasteiger partial charge on any atom is -0.375 e. The largest absolute Gasteiger partial charge is 0.375 e. The van der Waals surface area contributed by atoms with Gasteiger partial charge in [0.25, 0.3) is 0 Å². The van der Waals surface area contributed by atoms with Crippen LogP contribution in [0.5, 0.6) is 0 Å². The minimum atomic E-state index is -0.106. The molecule has 0 aromatic heterocycles. The van der Waals surface area contributed by atoms with E-state index in [1.807, 2.05) is 36.1 Å². The Morgan fingerprint density at radius 3 is 2.83 bits per heavy atom. The van der Waals surface area contributed by atoms with Crippen LogP contribution in [-0.2, 0) is 14.3 Å². The monoisotopic (exact) mass is 318 g/mol. The van der Waals surface area contributed by atoms with Crippen LogP contribution in [0.1, 0.15) is 31.7 Å². The summed E-state index contributed by atoms with van der Waals surface area (Å²) in [6.45, 7) is 4.86. The maximum absolute atomic E-state index is 12.5. The van der Waals surface area contributed by atoms with Gasteiger partial charge in [0, 0.05) is 19.3 Å². The SMILES string of the molecule is CCCCC1CN(c2cccc(C)c2)C(=O)CN1C(=O)COC. The Hall–Kier alpha value is -1.88. The zero-order valence-electron chi connectivity index (χ0n) is 14.2. The highest BCUT2D eigenvalue weighted by atomic mass is 16.5. The van der Waals surface area contributed by atoms with E-state index in [1.54, 1.807) is 4.90 Å². The molecule has 5 nitrogen and oxygen atoms in total. The Bertz CT molecular complexity index is 559. The number of ether oxygens (including phenoxy) is 1. The number of piperazine rings is 1. The van der Waals surface area contributed by atoms with Gasteiger partial charge in [-0.05, 0) is 31.0 Å². The summed E-state index contributed by atoms with van der Waals surface area (Å²) in [5.41, 5.74) is 2.04. The Kier molecular flexibility index (Phi) is 6.16. The molecule has 0 saturated carbocycles. The molecule has 23 heavy (non-hydrogen) atoms. The first kappa shape index (κ1) is 17.5. The number of methoxy groups -OCH3 is 1. The summed E-state index contributed by atoms with van der Waals surface area (Å²) in [5, 5.41) is 0. The molecule has 1 aliphatic rings. The second-order valence-electron chi connectivity index (χ2n) is 6.09. The fraction of sp³-hybridized carbons (Fsp3) is 0.556. The molecule has 0 N–H and O–H groups in total. The summed E-state index contributed by atoms with van der Waals surface area (Å²) in [7, 11) is 1.50. The van der Waals surface area contributed by atoms with E-state index < -0.39 is 0 Å². The topological polar surface area (TPSA) is 49.9 Å². The predicted octanol–water partition coefficient (Wildman–Crippen LogP) is 2.38. The summed E-state index contributed by atoms with van der Waals surface area (Å²) >= 11 is 0. The van der Waals surface area contributed by atoms with Crippen LogP contribution in [0.15, 0.2) is 24.3 Å². The zero-order valence-corrected chi connectivity index (χ0v) is 14.2. The molecule has 1 heterocycles. The number of hydrogen-bond acceptors (Lipinski definition) is 3. The van der Waals surface area contributed by atoms with Crippen LogP contribution in [0.4, 0.5) is 5.69 Å². The average Bonchev–Trinajstić information content (AvgIpc) is 2.53. The van der Waals surface area contributed by atoms with E-state index in [4.69, 9.17) is 4.74 Å². The van der Waals surface area contributed by atoms with Crippen LogP contribution >= 0.6 is 0 Å². The van der Waals surface area contributed by atoms with Crippen molar-refractivity contribution in [3.05, 3.63) is 29.8 Å². The van der Waals surface area contributed by atoms with Gasteiger partial charge in [-0.3, -0.25) is 9.59 Å². The van der Waals surface area contributed by atoms with Gasteiger partial charge in [-0.1, -0.05) is 31.9 Å². The standard InChI is InChI=1S/C18H26N2O3/c1-4-5-8-16-11-19(15-9-6-7-14(2)10-15)17(21)12-20(16)18(22)13-23-3/h6-7,9-10,16H,4-5,8,11-13H2,1-3H3. The van der Waals surface area contributed by atoms with E-state index in [0.29, 0.717) is 6.54 Å². The maximum atomic E-state index is 12.5. The van der Waals surface area contributed by atoms with E-state index in [9.17, 15) is 9.59 Å². The van der Waals surface area contributed by atoms with Crippen molar-refractivity contribution in [2.45, 2.75) is 39.2 Å². The van der Waals surface area contributed by atoms with Crippen molar-refractivity contribution in [1.29, 1.82) is 0 Å². The zero-order chi connectivity index (χ0) is 16.8. The Labute approximate surface area is 138 Å². The molecular weight excluding hydrogens is 292 g/mol. The van der Waals surface area contributed by atoms with Crippen molar-refractivity contribution in [3.8, 4) is 0 Å². The maximum Gasteiger partial charge on any atom is 0.249 e. The Morgan fingerprint density at radius 1 is 1.39 bits per heavy atom. The summed E-state index contributed by atoms with van der Waals surface area (Å²) < 4.78 is 4.96. The predicted molar refractivity (Wildman–Crippen MR) is 90.4 cm³/mol. The number of benzene rings is 1. The second kappa shape index (κ2) is 8.11. The van der Waals surface area contributed by atoms with Crippen LogP contribution in [0.2, 0.25) is 0 Å². The molecule has 1 aliphatic heterocycles. The first-order chi connectivity index (χ1) is 11.1. The van der Waals surface area contributed by atoms with Crippen molar-refractivity contribution in [2.75, 3.05) is 31.7 Å². The molecule has 1 atom stereocenters. The van der Waals surface area contributed by atoms with Gasteiger partial charge in [-0.15, -0.1) is 0 Å². The number of hydrogen-bond donors (Lipinski definition) is 0. The summed E-state index contributed by atoms with van der Waals surface area (Å²) in [6.07, 6.45) is 3.01. The van der Waals surface area contributed by atoms with Crippen molar-refractivity contribution < 1.29 is 14.3 Å². The molecule has 0 aliphatic carbocycles. The molecule has 1 saturated heterocycles. The number of unbranched alkanes of at least 4 members (excludes halogenated alkanes) is 1. The fourth-order valence-corrected chi connectivity index (χ4v) is 3.00. The smallest absolute Gasteiger partial charge is 0.249 e. The van der Waals surface area contributed by atoms with E-state index in [1.165, 1.54) is 7.11 Å². The molecule has 1 aromatic carbocycles. The molecule has 0 spiro atoms. The molecule has 1 fully saturated rings. The molecule has 0 bridgehead atoms.